The molecule has 0 radical (unpaired) electrons. The predicted molar refractivity (Wildman–Crippen MR) is 75.6 cm³/mol. The first-order chi connectivity index (χ1) is 9.45. The quantitative estimate of drug-likeness (QED) is 0.626. The van der Waals surface area contributed by atoms with E-state index in [1.54, 1.807) is 18.2 Å². The molecule has 20 heavy (non-hydrogen) atoms. The molecule has 0 spiro atoms. The predicted octanol–water partition coefficient (Wildman–Crippen LogP) is 0.262. The van der Waals surface area contributed by atoms with Crippen LogP contribution in [0.1, 0.15) is 5.56 Å². The minimum Gasteiger partial charge on any atom is -0.480 e. The average molecular weight is 273 g/mol. The topological polar surface area (TPSA) is 141 Å². The molecule has 0 aliphatic carbocycles. The first-order valence-electron chi connectivity index (χ1n) is 5.93. The smallest absolute Gasteiger partial charge is 0.320 e. The molecular formula is C13H15N5O2. The van der Waals surface area contributed by atoms with Crippen molar-refractivity contribution in [2.24, 2.45) is 5.73 Å². The fourth-order valence-electron chi connectivity index (χ4n) is 1.79. The van der Waals surface area contributed by atoms with Gasteiger partial charge in [0.05, 0.1) is 5.69 Å². The van der Waals surface area contributed by atoms with Crippen LogP contribution in [0.25, 0.3) is 11.3 Å². The van der Waals surface area contributed by atoms with Gasteiger partial charge in [-0.2, -0.15) is 4.98 Å². The molecule has 2 rings (SSSR count). The molecule has 1 aromatic heterocycles. The molecule has 7 heteroatoms. The van der Waals surface area contributed by atoms with Gasteiger partial charge in [0.25, 0.3) is 0 Å². The van der Waals surface area contributed by atoms with Crippen LogP contribution < -0.4 is 17.2 Å². The molecule has 2 aromatic rings. The van der Waals surface area contributed by atoms with E-state index in [0.717, 1.165) is 11.1 Å². The highest BCUT2D eigenvalue weighted by atomic mass is 16.4. The minimum absolute atomic E-state index is 0.108. The number of benzene rings is 1. The van der Waals surface area contributed by atoms with Crippen molar-refractivity contribution in [2.45, 2.75) is 12.5 Å². The third-order valence-corrected chi connectivity index (χ3v) is 2.79. The van der Waals surface area contributed by atoms with Crippen LogP contribution in [-0.4, -0.2) is 27.1 Å². The molecule has 104 valence electrons. The van der Waals surface area contributed by atoms with Gasteiger partial charge in [0.1, 0.15) is 11.9 Å². The van der Waals surface area contributed by atoms with Crippen molar-refractivity contribution in [1.82, 2.24) is 9.97 Å². The van der Waals surface area contributed by atoms with Gasteiger partial charge in [0, 0.05) is 11.6 Å². The fraction of sp³-hybridized carbons (Fsp3) is 0.154. The Labute approximate surface area is 115 Å². The number of nitrogens with two attached hydrogens (primary N) is 3. The number of aliphatic carboxylic acids is 1. The zero-order valence-corrected chi connectivity index (χ0v) is 10.7. The molecule has 0 bridgehead atoms. The van der Waals surface area contributed by atoms with Gasteiger partial charge in [0.2, 0.25) is 5.95 Å². The van der Waals surface area contributed by atoms with E-state index in [2.05, 4.69) is 9.97 Å². The van der Waals surface area contributed by atoms with E-state index in [0.29, 0.717) is 11.5 Å². The van der Waals surface area contributed by atoms with Gasteiger partial charge in [-0.25, -0.2) is 4.98 Å². The lowest BCUT2D eigenvalue weighted by Gasteiger charge is -2.08. The Morgan fingerprint density at radius 3 is 2.40 bits per heavy atom. The van der Waals surface area contributed by atoms with Crippen LogP contribution in [0.2, 0.25) is 0 Å². The molecule has 0 aliphatic rings. The van der Waals surface area contributed by atoms with Gasteiger partial charge in [-0.05, 0) is 12.0 Å². The van der Waals surface area contributed by atoms with Crippen molar-refractivity contribution in [2.75, 3.05) is 11.5 Å². The van der Waals surface area contributed by atoms with Gasteiger partial charge >= 0.3 is 5.97 Å². The normalized spacial score (nSPS) is 12.1. The Morgan fingerprint density at radius 1 is 1.20 bits per heavy atom. The maximum Gasteiger partial charge on any atom is 0.320 e. The number of carboxylic acid groups (broad SMARTS) is 1. The monoisotopic (exact) mass is 273 g/mol. The SMILES string of the molecule is Nc1cc(-c2ccc(CC(N)C(=O)O)cc2)nc(N)n1. The molecule has 1 atom stereocenters. The van der Waals surface area contributed by atoms with E-state index in [9.17, 15) is 4.79 Å². The molecule has 1 aromatic carbocycles. The van der Waals surface area contributed by atoms with Gasteiger partial charge in [-0.15, -0.1) is 0 Å². The van der Waals surface area contributed by atoms with Crippen molar-refractivity contribution >= 4 is 17.7 Å². The van der Waals surface area contributed by atoms with Gasteiger partial charge in [-0.3, -0.25) is 4.79 Å². The highest BCUT2D eigenvalue weighted by Gasteiger charge is 2.12. The molecule has 1 unspecified atom stereocenters. The second kappa shape index (κ2) is 5.54. The van der Waals surface area contributed by atoms with E-state index >= 15 is 0 Å². The highest BCUT2D eigenvalue weighted by molar-refractivity contribution is 5.73. The molecule has 0 fully saturated rings. The Bertz CT molecular complexity index is 607. The van der Waals surface area contributed by atoms with Crippen LogP contribution in [0, 0.1) is 0 Å². The maximum atomic E-state index is 10.7. The molecular weight excluding hydrogens is 258 g/mol. The number of hydrogen-bond donors (Lipinski definition) is 4. The first kappa shape index (κ1) is 13.8. The number of rotatable bonds is 4. The van der Waals surface area contributed by atoms with E-state index in [4.69, 9.17) is 22.3 Å². The summed E-state index contributed by atoms with van der Waals surface area (Å²) in [6.45, 7) is 0. The highest BCUT2D eigenvalue weighted by Crippen LogP contribution is 2.20. The third kappa shape index (κ3) is 3.21. The molecule has 7 N–H and O–H groups in total. The zero-order valence-electron chi connectivity index (χ0n) is 10.7. The summed E-state index contributed by atoms with van der Waals surface area (Å²) in [5.74, 6) is -0.619. The lowest BCUT2D eigenvalue weighted by atomic mass is 10.0. The standard InChI is InChI=1S/C13H15N5O2/c14-9(12(19)20)5-7-1-3-8(4-2-7)10-6-11(15)18-13(16)17-10/h1-4,6,9H,5,14H2,(H,19,20)(H4,15,16,17,18). The van der Waals surface area contributed by atoms with Crippen molar-refractivity contribution < 1.29 is 9.90 Å². The van der Waals surface area contributed by atoms with Crippen molar-refractivity contribution in [1.29, 1.82) is 0 Å². The molecule has 0 saturated carbocycles. The summed E-state index contributed by atoms with van der Waals surface area (Å²) in [6, 6.07) is 7.93. The number of hydrogen-bond acceptors (Lipinski definition) is 6. The number of carbonyl (C=O) groups is 1. The second-order valence-corrected chi connectivity index (χ2v) is 4.38. The molecule has 0 aliphatic heterocycles. The number of nitrogens with zero attached hydrogens (tertiary/aromatic N) is 2. The molecule has 1 heterocycles. The molecule has 0 amide bonds. The van der Waals surface area contributed by atoms with E-state index in [-0.39, 0.29) is 12.4 Å². The summed E-state index contributed by atoms with van der Waals surface area (Å²) in [6.07, 6.45) is 0.268. The van der Waals surface area contributed by atoms with Crippen LogP contribution in [-0.2, 0) is 11.2 Å². The van der Waals surface area contributed by atoms with Gasteiger partial charge in [0.15, 0.2) is 0 Å². The minimum atomic E-state index is -1.02. The molecule has 7 nitrogen and oxygen atoms in total. The van der Waals surface area contributed by atoms with Gasteiger partial charge in [-0.1, -0.05) is 24.3 Å². The second-order valence-electron chi connectivity index (χ2n) is 4.38. The summed E-state index contributed by atoms with van der Waals surface area (Å²) < 4.78 is 0. The van der Waals surface area contributed by atoms with Gasteiger partial charge < -0.3 is 22.3 Å². The summed E-state index contributed by atoms with van der Waals surface area (Å²) in [7, 11) is 0. The third-order valence-electron chi connectivity index (χ3n) is 2.79. The molecule has 0 saturated heterocycles. The lowest BCUT2D eigenvalue weighted by Crippen LogP contribution is -2.32. The Kier molecular flexibility index (Phi) is 3.81. The lowest BCUT2D eigenvalue weighted by molar-refractivity contribution is -0.138. The van der Waals surface area contributed by atoms with Crippen LogP contribution >= 0.6 is 0 Å². The largest absolute Gasteiger partial charge is 0.480 e. The number of anilines is 2. The summed E-state index contributed by atoms with van der Waals surface area (Å²) in [4.78, 5) is 18.6. The van der Waals surface area contributed by atoms with E-state index in [1.165, 1.54) is 0 Å². The zero-order chi connectivity index (χ0) is 14.7. The van der Waals surface area contributed by atoms with Crippen LogP contribution in [0.4, 0.5) is 11.8 Å². The summed E-state index contributed by atoms with van der Waals surface area (Å²) >= 11 is 0. The Hall–Kier alpha value is -2.67. The first-order valence-corrected chi connectivity index (χ1v) is 5.93. The van der Waals surface area contributed by atoms with Crippen LogP contribution in [0.3, 0.4) is 0 Å². The Morgan fingerprint density at radius 2 is 1.85 bits per heavy atom. The fourth-order valence-corrected chi connectivity index (χ4v) is 1.79. The Balaban J connectivity index is 2.21. The van der Waals surface area contributed by atoms with E-state index < -0.39 is 12.0 Å². The van der Waals surface area contributed by atoms with Crippen molar-refractivity contribution in [3.8, 4) is 11.3 Å². The average Bonchev–Trinajstić information content (AvgIpc) is 2.38. The number of aromatic nitrogens is 2. The van der Waals surface area contributed by atoms with Crippen molar-refractivity contribution in [3.05, 3.63) is 35.9 Å². The number of carboxylic acids is 1. The van der Waals surface area contributed by atoms with Crippen molar-refractivity contribution in [3.63, 3.8) is 0 Å². The summed E-state index contributed by atoms with van der Waals surface area (Å²) in [5.41, 5.74) is 18.9. The van der Waals surface area contributed by atoms with E-state index in [1.807, 2.05) is 12.1 Å². The summed E-state index contributed by atoms with van der Waals surface area (Å²) in [5, 5.41) is 8.77. The van der Waals surface area contributed by atoms with Crippen LogP contribution in [0.5, 0.6) is 0 Å². The number of nitrogen functional groups attached to an aromatic ring is 2. The van der Waals surface area contributed by atoms with Crippen LogP contribution in [0.15, 0.2) is 30.3 Å². The maximum absolute atomic E-state index is 10.7.